The molecule has 5 N–H and O–H groups in total. The average molecular weight is 179 g/mol. The maximum absolute atomic E-state index is 9.22. The number of rotatable bonds is 2. The quantitative estimate of drug-likeness (QED) is 0.355. The minimum absolute atomic E-state index is 0.105. The van der Waals surface area contributed by atoms with Crippen molar-refractivity contribution in [1.82, 2.24) is 0 Å². The number of nitrogens with two attached hydrogens (primary N) is 1. The van der Waals surface area contributed by atoms with E-state index in [4.69, 9.17) is 15.7 Å². The molecule has 0 aliphatic carbocycles. The van der Waals surface area contributed by atoms with Gasteiger partial charge in [0.05, 0.1) is 12.7 Å². The van der Waals surface area contributed by atoms with Crippen molar-refractivity contribution in [2.75, 3.05) is 6.61 Å². The number of hydrogen-bond acceptors (Lipinski definition) is 6. The third kappa shape index (κ3) is 1.92. The Morgan fingerprint density at radius 2 is 2.17 bits per heavy atom. The molecule has 0 aromatic heterocycles. The van der Waals surface area contributed by atoms with Crippen LogP contribution in [0.1, 0.15) is 6.42 Å². The fraction of sp³-hybridized carbons (Fsp3) is 1.00. The minimum Gasteiger partial charge on any atom is -0.394 e. The Balaban J connectivity index is 2.52. The molecular formula is C6H13NO5. The number of hydrogen-bond donors (Lipinski definition) is 4. The zero-order valence-corrected chi connectivity index (χ0v) is 6.46. The summed E-state index contributed by atoms with van der Waals surface area (Å²) in [4.78, 5) is 4.34. The highest BCUT2D eigenvalue weighted by molar-refractivity contribution is 4.81. The highest BCUT2D eigenvalue weighted by Crippen LogP contribution is 2.19. The molecule has 12 heavy (non-hydrogen) atoms. The second kappa shape index (κ2) is 4.13. The van der Waals surface area contributed by atoms with Crippen LogP contribution in [0.25, 0.3) is 0 Å². The summed E-state index contributed by atoms with van der Waals surface area (Å²) in [6.07, 6.45) is -3.54. The second-order valence-corrected chi connectivity index (χ2v) is 2.72. The van der Waals surface area contributed by atoms with Gasteiger partial charge >= 0.3 is 0 Å². The molecule has 0 radical (unpaired) electrons. The van der Waals surface area contributed by atoms with E-state index in [0.717, 1.165) is 0 Å². The van der Waals surface area contributed by atoms with Crippen LogP contribution in [-0.4, -0.2) is 46.5 Å². The molecule has 0 bridgehead atoms. The molecule has 0 aromatic rings. The summed E-state index contributed by atoms with van der Waals surface area (Å²) in [5.74, 6) is 4.83. The predicted molar refractivity (Wildman–Crippen MR) is 37.6 cm³/mol. The van der Waals surface area contributed by atoms with E-state index < -0.39 is 24.6 Å². The Morgan fingerprint density at radius 1 is 1.50 bits per heavy atom. The van der Waals surface area contributed by atoms with Gasteiger partial charge in [0.1, 0.15) is 12.2 Å². The van der Waals surface area contributed by atoms with Crippen molar-refractivity contribution in [2.24, 2.45) is 5.90 Å². The Kier molecular flexibility index (Phi) is 3.39. The normalized spacial score (nSPS) is 43.0. The fourth-order valence-electron chi connectivity index (χ4n) is 1.15. The van der Waals surface area contributed by atoms with Crippen molar-refractivity contribution in [2.45, 2.75) is 31.0 Å². The van der Waals surface area contributed by atoms with Crippen LogP contribution in [0.3, 0.4) is 0 Å². The number of aliphatic hydroxyl groups excluding tert-OH is 3. The topological polar surface area (TPSA) is 105 Å². The summed E-state index contributed by atoms with van der Waals surface area (Å²) in [5.41, 5.74) is 0. The molecule has 1 fully saturated rings. The van der Waals surface area contributed by atoms with Crippen LogP contribution in [0, 0.1) is 0 Å². The molecule has 1 saturated heterocycles. The van der Waals surface area contributed by atoms with Gasteiger partial charge in [-0.1, -0.05) is 0 Å². The van der Waals surface area contributed by atoms with Crippen LogP contribution >= 0.6 is 0 Å². The zero-order chi connectivity index (χ0) is 9.14. The van der Waals surface area contributed by atoms with Crippen molar-refractivity contribution in [1.29, 1.82) is 0 Å². The predicted octanol–water partition coefficient (Wildman–Crippen LogP) is -2.29. The highest BCUT2D eigenvalue weighted by atomic mass is 16.8. The van der Waals surface area contributed by atoms with Crippen molar-refractivity contribution in [3.63, 3.8) is 0 Å². The molecular weight excluding hydrogens is 166 g/mol. The Hall–Kier alpha value is -0.240. The molecule has 4 unspecified atom stereocenters. The summed E-state index contributed by atoms with van der Waals surface area (Å²) in [6.45, 7) is -0.377. The van der Waals surface area contributed by atoms with Gasteiger partial charge in [0.2, 0.25) is 0 Å². The summed E-state index contributed by atoms with van der Waals surface area (Å²) >= 11 is 0. The number of ether oxygens (including phenoxy) is 1. The lowest BCUT2D eigenvalue weighted by Crippen LogP contribution is -2.51. The summed E-state index contributed by atoms with van der Waals surface area (Å²) in [6, 6.07) is 0. The van der Waals surface area contributed by atoms with Crippen LogP contribution in [0.4, 0.5) is 0 Å². The van der Waals surface area contributed by atoms with E-state index in [2.05, 4.69) is 4.84 Å². The SMILES string of the molecule is NOC1CC(O)C(O)C(CO)O1. The Labute approximate surface area is 69.5 Å². The maximum atomic E-state index is 9.22. The third-order valence-electron chi connectivity index (χ3n) is 1.87. The first-order chi connectivity index (χ1) is 5.69. The monoisotopic (exact) mass is 179 g/mol. The molecule has 1 aliphatic heterocycles. The van der Waals surface area contributed by atoms with Crippen molar-refractivity contribution in [3.8, 4) is 0 Å². The van der Waals surface area contributed by atoms with Crippen LogP contribution in [0.15, 0.2) is 0 Å². The lowest BCUT2D eigenvalue weighted by Gasteiger charge is -2.34. The van der Waals surface area contributed by atoms with Gasteiger partial charge in [-0.25, -0.2) is 5.90 Å². The molecule has 1 rings (SSSR count). The van der Waals surface area contributed by atoms with E-state index in [0.29, 0.717) is 0 Å². The van der Waals surface area contributed by atoms with E-state index in [9.17, 15) is 10.2 Å². The average Bonchev–Trinajstić information content (AvgIpc) is 2.09. The van der Waals surface area contributed by atoms with E-state index in [1.165, 1.54) is 0 Å². The van der Waals surface area contributed by atoms with Gasteiger partial charge in [-0.2, -0.15) is 0 Å². The fourth-order valence-corrected chi connectivity index (χ4v) is 1.15. The van der Waals surface area contributed by atoms with Gasteiger partial charge in [-0.15, -0.1) is 0 Å². The van der Waals surface area contributed by atoms with Crippen molar-refractivity contribution < 1.29 is 24.9 Å². The molecule has 0 spiro atoms. The van der Waals surface area contributed by atoms with E-state index in [1.807, 2.05) is 0 Å². The van der Waals surface area contributed by atoms with Crippen LogP contribution in [-0.2, 0) is 9.57 Å². The van der Waals surface area contributed by atoms with Crippen LogP contribution < -0.4 is 5.90 Å². The molecule has 6 heteroatoms. The highest BCUT2D eigenvalue weighted by Gasteiger charge is 2.36. The summed E-state index contributed by atoms with van der Waals surface area (Å²) < 4.78 is 4.96. The van der Waals surface area contributed by atoms with Crippen molar-refractivity contribution in [3.05, 3.63) is 0 Å². The minimum atomic E-state index is -1.08. The largest absolute Gasteiger partial charge is 0.394 e. The molecule has 0 aromatic carbocycles. The molecule has 6 nitrogen and oxygen atoms in total. The van der Waals surface area contributed by atoms with Gasteiger partial charge < -0.3 is 20.1 Å². The molecule has 72 valence electrons. The van der Waals surface area contributed by atoms with Gasteiger partial charge in [0.25, 0.3) is 0 Å². The first-order valence-corrected chi connectivity index (χ1v) is 3.67. The number of aliphatic hydroxyl groups is 3. The summed E-state index contributed by atoms with van der Waals surface area (Å²) in [7, 11) is 0. The molecule has 0 amide bonds. The molecule has 4 atom stereocenters. The van der Waals surface area contributed by atoms with Crippen molar-refractivity contribution >= 4 is 0 Å². The van der Waals surface area contributed by atoms with E-state index in [1.54, 1.807) is 0 Å². The van der Waals surface area contributed by atoms with Gasteiger partial charge in [0.15, 0.2) is 6.29 Å². The lowest BCUT2D eigenvalue weighted by atomic mass is 10.0. The van der Waals surface area contributed by atoms with Crippen LogP contribution in [0.5, 0.6) is 0 Å². The third-order valence-corrected chi connectivity index (χ3v) is 1.87. The van der Waals surface area contributed by atoms with Crippen LogP contribution in [0.2, 0.25) is 0 Å². The van der Waals surface area contributed by atoms with Gasteiger partial charge in [-0.05, 0) is 0 Å². The van der Waals surface area contributed by atoms with Gasteiger partial charge in [0, 0.05) is 6.42 Å². The summed E-state index contributed by atoms with van der Waals surface area (Å²) in [5, 5.41) is 27.1. The molecule has 0 saturated carbocycles. The molecule has 1 aliphatic rings. The van der Waals surface area contributed by atoms with E-state index in [-0.39, 0.29) is 13.0 Å². The first-order valence-electron chi connectivity index (χ1n) is 3.67. The first kappa shape index (κ1) is 9.85. The standard InChI is InChI=1S/C6H13NO5/c7-12-5-1-3(9)6(10)4(2-8)11-5/h3-6,8-10H,1-2,7H2. The van der Waals surface area contributed by atoms with E-state index >= 15 is 0 Å². The second-order valence-electron chi connectivity index (χ2n) is 2.72. The molecule has 1 heterocycles. The Morgan fingerprint density at radius 3 is 2.67 bits per heavy atom. The van der Waals surface area contributed by atoms with Gasteiger partial charge in [-0.3, -0.25) is 4.84 Å². The Bertz CT molecular complexity index is 144. The lowest BCUT2D eigenvalue weighted by molar-refractivity contribution is -0.258. The smallest absolute Gasteiger partial charge is 0.180 e. The zero-order valence-electron chi connectivity index (χ0n) is 6.46. The maximum Gasteiger partial charge on any atom is 0.180 e.